The van der Waals surface area contributed by atoms with Gasteiger partial charge < -0.3 is 0 Å². The maximum Gasteiger partial charge on any atom is 0.343 e. The van der Waals surface area contributed by atoms with E-state index in [4.69, 9.17) is 58.6 Å². The number of nitrogens with one attached hydrogen (secondary N) is 1. The topological polar surface area (TPSA) is 35.6 Å². The number of amides is 2. The third-order valence-corrected chi connectivity index (χ3v) is 3.86. The number of nitrogens with zero attached hydrogens (tertiary/aromatic N) is 2. The van der Waals surface area contributed by atoms with Crippen LogP contribution in [0.3, 0.4) is 0 Å². The van der Waals surface area contributed by atoms with E-state index >= 15 is 0 Å². The Morgan fingerprint density at radius 2 is 2.10 bits per heavy atom. The van der Waals surface area contributed by atoms with Crippen LogP contribution in [0.15, 0.2) is 24.3 Å². The van der Waals surface area contributed by atoms with Crippen molar-refractivity contribution in [1.82, 2.24) is 10.4 Å². The molecule has 2 amide bonds. The molecule has 0 bridgehead atoms. The molecule has 4 nitrogen and oxygen atoms in total. The lowest BCUT2D eigenvalue weighted by Crippen LogP contribution is -2.45. The summed E-state index contributed by atoms with van der Waals surface area (Å²) in [6.45, 7) is 0. The predicted octanol–water partition coefficient (Wildman–Crippen LogP) is 4.52. The normalized spacial score (nSPS) is 19.2. The number of halogens is 4. The monoisotopic (exact) mass is 385 g/mol. The zero-order valence-electron chi connectivity index (χ0n) is 10.6. The first-order chi connectivity index (χ1) is 9.84. The quantitative estimate of drug-likeness (QED) is 0.469. The van der Waals surface area contributed by atoms with E-state index in [2.05, 4.69) is 5.43 Å². The fourth-order valence-electron chi connectivity index (χ4n) is 2.02. The van der Waals surface area contributed by atoms with Crippen molar-refractivity contribution < 1.29 is 4.79 Å². The summed E-state index contributed by atoms with van der Waals surface area (Å²) in [5, 5.41) is 3.08. The van der Waals surface area contributed by atoms with Crippen molar-refractivity contribution in [2.45, 2.75) is 22.9 Å². The van der Waals surface area contributed by atoms with Gasteiger partial charge in [0.05, 0.1) is 0 Å². The van der Waals surface area contributed by atoms with Gasteiger partial charge in [-0.2, -0.15) is 0 Å². The Kier molecular flexibility index (Phi) is 5.57. The lowest BCUT2D eigenvalue weighted by Gasteiger charge is -2.23. The first-order valence-corrected chi connectivity index (χ1v) is 7.98. The number of carbonyl (C=O) groups excluding carboxylic acids is 1. The molecule has 21 heavy (non-hydrogen) atoms. The molecule has 2 rings (SSSR count). The highest BCUT2D eigenvalue weighted by atomic mass is 35.6. The van der Waals surface area contributed by atoms with E-state index in [1.165, 1.54) is 4.90 Å². The molecule has 0 saturated carbocycles. The van der Waals surface area contributed by atoms with Gasteiger partial charge in [-0.1, -0.05) is 64.7 Å². The number of urea groups is 1. The van der Waals surface area contributed by atoms with Gasteiger partial charge in [0.2, 0.25) is 0 Å². The summed E-state index contributed by atoms with van der Waals surface area (Å²) in [7, 11) is 0. The maximum atomic E-state index is 12.5. The van der Waals surface area contributed by atoms with E-state index in [0.29, 0.717) is 23.6 Å². The zero-order chi connectivity index (χ0) is 15.6. The van der Waals surface area contributed by atoms with E-state index in [9.17, 15) is 4.79 Å². The smallest absolute Gasteiger partial charge is 0.275 e. The summed E-state index contributed by atoms with van der Waals surface area (Å²) in [5.41, 5.74) is 3.50. The van der Waals surface area contributed by atoms with E-state index in [1.807, 2.05) is 0 Å². The van der Waals surface area contributed by atoms with Gasteiger partial charge in [0.1, 0.15) is 6.17 Å². The van der Waals surface area contributed by atoms with Gasteiger partial charge in [0.15, 0.2) is 0 Å². The highest BCUT2D eigenvalue weighted by Crippen LogP contribution is 2.36. The van der Waals surface area contributed by atoms with Crippen molar-refractivity contribution in [1.29, 1.82) is 0 Å². The lowest BCUT2D eigenvalue weighted by atomic mass is 10.2. The van der Waals surface area contributed by atoms with Gasteiger partial charge in [-0.3, -0.25) is 4.90 Å². The van der Waals surface area contributed by atoms with Gasteiger partial charge in [0, 0.05) is 10.7 Å². The van der Waals surface area contributed by atoms with Crippen LogP contribution in [0.4, 0.5) is 10.5 Å². The van der Waals surface area contributed by atoms with Crippen LogP contribution in [0.2, 0.25) is 5.02 Å². The van der Waals surface area contributed by atoms with Gasteiger partial charge in [-0.25, -0.2) is 15.2 Å². The average molecular weight is 387 g/mol. The van der Waals surface area contributed by atoms with Crippen LogP contribution in [-0.2, 0) is 0 Å². The molecule has 1 aliphatic heterocycles. The molecule has 9 heteroatoms. The SMILES string of the molecule is O=C1N(c2cccc(Cl)c2)C(CCC=S)NN1C(Cl)(Cl)Cl. The van der Waals surface area contributed by atoms with Crippen LogP contribution < -0.4 is 10.3 Å². The Hall–Kier alpha value is -0.300. The summed E-state index contributed by atoms with van der Waals surface area (Å²) in [5.74, 6) is 0. The van der Waals surface area contributed by atoms with Crippen LogP contribution >= 0.6 is 58.6 Å². The zero-order valence-corrected chi connectivity index (χ0v) is 14.4. The second-order valence-electron chi connectivity index (χ2n) is 4.32. The maximum absolute atomic E-state index is 12.5. The Morgan fingerprint density at radius 1 is 1.38 bits per heavy atom. The van der Waals surface area contributed by atoms with Crippen LogP contribution in [0.1, 0.15) is 12.8 Å². The number of anilines is 1. The highest BCUT2D eigenvalue weighted by molar-refractivity contribution is 7.78. The Balaban J connectivity index is 2.34. The molecule has 1 aliphatic rings. The number of hydrogen-bond acceptors (Lipinski definition) is 3. The fourth-order valence-corrected chi connectivity index (χ4v) is 2.70. The van der Waals surface area contributed by atoms with Crippen molar-refractivity contribution in [3.63, 3.8) is 0 Å². The number of alkyl halides is 3. The molecule has 1 heterocycles. The minimum Gasteiger partial charge on any atom is -0.275 e. The first kappa shape index (κ1) is 17.1. The van der Waals surface area contributed by atoms with Gasteiger partial charge in [0.25, 0.3) is 3.92 Å². The van der Waals surface area contributed by atoms with Crippen molar-refractivity contribution in [3.05, 3.63) is 29.3 Å². The molecule has 1 unspecified atom stereocenters. The third kappa shape index (κ3) is 3.92. The van der Waals surface area contributed by atoms with Crippen molar-refractivity contribution in [2.75, 3.05) is 4.90 Å². The lowest BCUT2D eigenvalue weighted by molar-refractivity contribution is 0.198. The molecular formula is C12H11Cl4N3OS. The summed E-state index contributed by atoms with van der Waals surface area (Å²) >= 11 is 28.2. The molecule has 0 spiro atoms. The van der Waals surface area contributed by atoms with Crippen LogP contribution in [0.5, 0.6) is 0 Å². The number of hydrogen-bond donors (Lipinski definition) is 1. The standard InChI is InChI=1S/C12H11Cl4N3OS/c13-8-3-1-4-9(7-8)18-10(5-2-6-21)17-19(11(18)20)12(14,15)16/h1,3-4,6-7,10,17H,2,5H2. The van der Waals surface area contributed by atoms with E-state index in [0.717, 1.165) is 5.01 Å². The fraction of sp³-hybridized carbons (Fsp3) is 0.333. The van der Waals surface area contributed by atoms with Crippen LogP contribution in [0.25, 0.3) is 0 Å². The third-order valence-electron chi connectivity index (χ3n) is 2.89. The highest BCUT2D eigenvalue weighted by Gasteiger charge is 2.46. The number of thiocarbonyl (C=S) groups is 1. The number of hydrazine groups is 1. The molecule has 0 aliphatic carbocycles. The molecule has 1 aromatic rings. The summed E-state index contributed by atoms with van der Waals surface area (Å²) in [4.78, 5) is 14.0. The van der Waals surface area contributed by atoms with Gasteiger partial charge in [-0.15, -0.1) is 0 Å². The average Bonchev–Trinajstić information content (AvgIpc) is 2.73. The Morgan fingerprint density at radius 3 is 2.67 bits per heavy atom. The van der Waals surface area contributed by atoms with Crippen molar-refractivity contribution in [3.8, 4) is 0 Å². The Labute approximate surface area is 147 Å². The van der Waals surface area contributed by atoms with Crippen molar-refractivity contribution >= 4 is 75.7 Å². The van der Waals surface area contributed by atoms with Gasteiger partial charge >= 0.3 is 6.03 Å². The molecule has 0 aromatic heterocycles. The Bertz CT molecular complexity index is 552. The number of rotatable bonds is 4. The minimum absolute atomic E-state index is 0.370. The van der Waals surface area contributed by atoms with Crippen molar-refractivity contribution in [2.24, 2.45) is 0 Å². The van der Waals surface area contributed by atoms with Gasteiger partial charge in [-0.05, 0) is 36.4 Å². The predicted molar refractivity (Wildman–Crippen MR) is 91.3 cm³/mol. The largest absolute Gasteiger partial charge is 0.343 e. The second-order valence-corrected chi connectivity index (χ2v) is 7.32. The van der Waals surface area contributed by atoms with E-state index < -0.39 is 9.95 Å². The molecule has 1 saturated heterocycles. The van der Waals surface area contributed by atoms with E-state index in [1.54, 1.807) is 29.6 Å². The molecule has 114 valence electrons. The molecule has 0 radical (unpaired) electrons. The second kappa shape index (κ2) is 6.86. The van der Waals surface area contributed by atoms with E-state index in [-0.39, 0.29) is 6.17 Å². The molecular weight excluding hydrogens is 376 g/mol. The van der Waals surface area contributed by atoms with Crippen LogP contribution in [-0.4, -0.2) is 26.5 Å². The molecule has 1 atom stereocenters. The number of benzene rings is 1. The first-order valence-electron chi connectivity index (χ1n) is 6.00. The summed E-state index contributed by atoms with van der Waals surface area (Å²) in [6, 6.07) is 6.44. The summed E-state index contributed by atoms with van der Waals surface area (Å²) < 4.78 is -1.89. The molecule has 1 fully saturated rings. The summed E-state index contributed by atoms with van der Waals surface area (Å²) in [6.07, 6.45) is 0.843. The molecule has 1 aromatic carbocycles. The molecule has 1 N–H and O–H groups in total. The number of carbonyl (C=O) groups is 1. The minimum atomic E-state index is -1.89. The van der Waals surface area contributed by atoms with Crippen LogP contribution in [0, 0.1) is 0 Å².